The van der Waals surface area contributed by atoms with Gasteiger partial charge in [-0.1, -0.05) is 90.7 Å². The Hall–Kier alpha value is -5.34. The molecule has 40 heavy (non-hydrogen) atoms. The highest BCUT2D eigenvalue weighted by molar-refractivity contribution is 6.23. The molecule has 186 valence electrons. The second-order valence-corrected chi connectivity index (χ2v) is 9.33. The minimum atomic E-state index is -0.742. The molecule has 2 heteroatoms. The van der Waals surface area contributed by atoms with Gasteiger partial charge in [-0.25, -0.2) is 0 Å². The van der Waals surface area contributed by atoms with Crippen LogP contribution in [-0.4, -0.2) is 0 Å². The van der Waals surface area contributed by atoms with Gasteiger partial charge in [0.05, 0.1) is 26.8 Å². The van der Waals surface area contributed by atoms with E-state index in [9.17, 15) is 8.22 Å². The predicted molar refractivity (Wildman–Crippen MR) is 167 cm³/mol. The van der Waals surface area contributed by atoms with Gasteiger partial charge in [0.1, 0.15) is 16.7 Å². The molecule has 0 aliphatic heterocycles. The Kier molecular flexibility index (Phi) is 2.39. The molecule has 0 saturated heterocycles. The average Bonchev–Trinajstić information content (AvgIpc) is 3.81. The molecular formula is C38H22O2. The van der Waals surface area contributed by atoms with Gasteiger partial charge in [0, 0.05) is 16.2 Å². The molecule has 0 aliphatic rings. The summed E-state index contributed by atoms with van der Waals surface area (Å²) in [5, 5.41) is 0.134. The summed E-state index contributed by atoms with van der Waals surface area (Å²) >= 11 is 0. The highest BCUT2D eigenvalue weighted by Crippen LogP contribution is 2.45. The number of furan rings is 2. The Balaban J connectivity index is 1.58. The quantitative estimate of drug-likeness (QED) is 0.210. The lowest BCUT2D eigenvalue weighted by atomic mass is 9.85. The number of hydrogen-bond donors (Lipinski definition) is 0. The SMILES string of the molecule is [2H]c1c([2H])c([2H])c2c([2H])c(-c3c4c([2H])c([2H])c([2H])c([2H])c4c(-c4ccc5oc6ccc7occc7c6c5c4)c4c([2H])c([2H])c([2H])c([2H])c34)c([2H])c([2H])c2c1[2H]. The van der Waals surface area contributed by atoms with Crippen molar-refractivity contribution in [1.82, 2.24) is 0 Å². The molecule has 0 unspecified atom stereocenters. The summed E-state index contributed by atoms with van der Waals surface area (Å²) < 4.78 is 145. The number of rotatable bonds is 2. The van der Waals surface area contributed by atoms with Crippen molar-refractivity contribution in [3.8, 4) is 22.3 Å². The van der Waals surface area contributed by atoms with Gasteiger partial charge >= 0.3 is 0 Å². The van der Waals surface area contributed by atoms with E-state index in [1.807, 2.05) is 0 Å². The molecule has 0 spiro atoms. The molecule has 0 atom stereocenters. The molecule has 0 saturated carbocycles. The monoisotopic (exact) mass is 525 g/mol. The molecule has 0 N–H and O–H groups in total. The topological polar surface area (TPSA) is 26.3 Å². The molecule has 9 aromatic rings. The largest absolute Gasteiger partial charge is 0.464 e. The molecule has 0 bridgehead atoms. The lowest BCUT2D eigenvalue weighted by molar-refractivity contribution is 0.615. The molecule has 0 fully saturated rings. The van der Waals surface area contributed by atoms with Crippen LogP contribution in [0.4, 0.5) is 0 Å². The standard InChI is InChI=1S/C38H22O2/c1-2-8-24-21-25(14-13-23(24)7-1)36-27-9-3-5-11-29(27)37(30-12-6-4-10-28(30)36)26-15-16-34-32(22-26)38-31-19-20-39-33(31)17-18-35(38)40-34/h1-22H/i1D,2D,3D,4D,5D,6D,7D,8D,9D,10D,11D,12D,13D,14D,21D. The summed E-state index contributed by atoms with van der Waals surface area (Å²) in [7, 11) is 0. The van der Waals surface area contributed by atoms with E-state index in [4.69, 9.17) is 21.2 Å². The van der Waals surface area contributed by atoms with Crippen molar-refractivity contribution >= 4 is 65.2 Å². The first kappa shape index (κ1) is 11.8. The zero-order valence-electron chi connectivity index (χ0n) is 35.4. The lowest BCUT2D eigenvalue weighted by Crippen LogP contribution is -1.91. The minimum Gasteiger partial charge on any atom is -0.464 e. The molecule has 0 amide bonds. The molecule has 0 radical (unpaired) electrons. The van der Waals surface area contributed by atoms with Gasteiger partial charge in [-0.2, -0.15) is 0 Å². The van der Waals surface area contributed by atoms with Crippen molar-refractivity contribution in [2.45, 2.75) is 0 Å². The molecule has 2 nitrogen and oxygen atoms in total. The maximum atomic E-state index is 9.38. The van der Waals surface area contributed by atoms with E-state index in [-0.39, 0.29) is 32.7 Å². The van der Waals surface area contributed by atoms with Crippen LogP contribution in [0.1, 0.15) is 20.6 Å². The van der Waals surface area contributed by atoms with Crippen molar-refractivity contribution in [2.24, 2.45) is 0 Å². The van der Waals surface area contributed by atoms with Crippen molar-refractivity contribution in [3.05, 3.63) is 133 Å². The van der Waals surface area contributed by atoms with E-state index in [1.165, 1.54) is 6.26 Å². The zero-order chi connectivity index (χ0) is 39.3. The summed E-state index contributed by atoms with van der Waals surface area (Å²) in [5.74, 6) is 0. The number of hydrogen-bond acceptors (Lipinski definition) is 2. The molecule has 7 aromatic carbocycles. The van der Waals surface area contributed by atoms with Crippen LogP contribution in [-0.2, 0) is 0 Å². The fraction of sp³-hybridized carbons (Fsp3) is 0. The van der Waals surface area contributed by atoms with Crippen LogP contribution in [0, 0.1) is 0 Å². The first-order chi connectivity index (χ1) is 26.1. The second-order valence-electron chi connectivity index (χ2n) is 9.33. The molecule has 2 heterocycles. The highest BCUT2D eigenvalue weighted by atomic mass is 16.3. The van der Waals surface area contributed by atoms with Gasteiger partial charge in [0.25, 0.3) is 0 Å². The molecule has 0 aliphatic carbocycles. The van der Waals surface area contributed by atoms with E-state index in [0.717, 1.165) is 5.39 Å². The predicted octanol–water partition coefficient (Wildman–Crippen LogP) is 11.1. The first-order valence-electron chi connectivity index (χ1n) is 19.9. The van der Waals surface area contributed by atoms with Crippen molar-refractivity contribution in [2.75, 3.05) is 0 Å². The molecule has 9 rings (SSSR count). The van der Waals surface area contributed by atoms with Gasteiger partial charge in [0.2, 0.25) is 0 Å². The van der Waals surface area contributed by atoms with Crippen LogP contribution in [0.25, 0.3) is 87.5 Å². The van der Waals surface area contributed by atoms with Crippen LogP contribution in [0.5, 0.6) is 0 Å². The summed E-state index contributed by atoms with van der Waals surface area (Å²) in [6, 6.07) is 0.137. The summed E-state index contributed by atoms with van der Waals surface area (Å²) in [6.07, 6.45) is 1.53. The zero-order valence-corrected chi connectivity index (χ0v) is 20.4. The van der Waals surface area contributed by atoms with Crippen LogP contribution in [0.15, 0.2) is 142 Å². The van der Waals surface area contributed by atoms with Crippen molar-refractivity contribution in [1.29, 1.82) is 0 Å². The van der Waals surface area contributed by atoms with E-state index in [1.54, 1.807) is 36.4 Å². The maximum Gasteiger partial charge on any atom is 0.136 e. The Labute approximate surface area is 250 Å². The summed E-state index contributed by atoms with van der Waals surface area (Å²) in [4.78, 5) is 0. The minimum absolute atomic E-state index is 0.00948. The van der Waals surface area contributed by atoms with E-state index < -0.39 is 107 Å². The van der Waals surface area contributed by atoms with Crippen molar-refractivity contribution < 1.29 is 29.4 Å². The summed E-state index contributed by atoms with van der Waals surface area (Å²) in [5.41, 5.74) is 0.992. The fourth-order valence-electron chi connectivity index (χ4n) is 5.55. The summed E-state index contributed by atoms with van der Waals surface area (Å²) in [6.45, 7) is 0. The Morgan fingerprint density at radius 2 is 1.10 bits per heavy atom. The van der Waals surface area contributed by atoms with Crippen molar-refractivity contribution in [3.63, 3.8) is 0 Å². The number of fused-ring (bicyclic) bond motifs is 8. The first-order valence-corrected chi connectivity index (χ1v) is 12.4. The smallest absolute Gasteiger partial charge is 0.136 e. The van der Waals surface area contributed by atoms with Gasteiger partial charge in [-0.05, 0) is 90.9 Å². The third-order valence-corrected chi connectivity index (χ3v) is 7.23. The Bertz CT molecular complexity index is 3190. The van der Waals surface area contributed by atoms with Gasteiger partial charge in [-0.3, -0.25) is 0 Å². The third-order valence-electron chi connectivity index (χ3n) is 7.23. The van der Waals surface area contributed by atoms with E-state index in [2.05, 4.69) is 0 Å². The second kappa shape index (κ2) is 8.08. The normalized spacial score (nSPS) is 17.2. The van der Waals surface area contributed by atoms with Crippen LogP contribution in [0.2, 0.25) is 0 Å². The highest BCUT2D eigenvalue weighted by Gasteiger charge is 2.18. The third kappa shape index (κ3) is 2.99. The van der Waals surface area contributed by atoms with E-state index >= 15 is 0 Å². The van der Waals surface area contributed by atoms with Gasteiger partial charge in [0.15, 0.2) is 0 Å². The number of benzene rings is 7. The molecular weight excluding hydrogens is 488 g/mol. The lowest BCUT2D eigenvalue weighted by Gasteiger charge is -2.18. The Morgan fingerprint density at radius 3 is 1.85 bits per heavy atom. The van der Waals surface area contributed by atoms with Gasteiger partial charge in [-0.15, -0.1) is 0 Å². The average molecular weight is 526 g/mol. The van der Waals surface area contributed by atoms with Crippen LogP contribution >= 0.6 is 0 Å². The Morgan fingerprint density at radius 1 is 0.475 bits per heavy atom. The molecule has 2 aromatic heterocycles. The van der Waals surface area contributed by atoms with Crippen LogP contribution in [0.3, 0.4) is 0 Å². The van der Waals surface area contributed by atoms with E-state index in [0.29, 0.717) is 33.1 Å². The van der Waals surface area contributed by atoms with Gasteiger partial charge < -0.3 is 8.83 Å². The maximum absolute atomic E-state index is 9.38. The van der Waals surface area contributed by atoms with Crippen LogP contribution < -0.4 is 0 Å². The fourth-order valence-corrected chi connectivity index (χ4v) is 5.55.